The van der Waals surface area contributed by atoms with Crippen LogP contribution in [-0.2, 0) is 27.3 Å². The van der Waals surface area contributed by atoms with E-state index in [4.69, 9.17) is 4.74 Å². The number of amides is 1. The first kappa shape index (κ1) is 13.6. The van der Waals surface area contributed by atoms with Gasteiger partial charge in [0, 0.05) is 19.5 Å². The summed E-state index contributed by atoms with van der Waals surface area (Å²) < 4.78 is 4.70. The normalized spacial score (nSPS) is 18.7. The fraction of sp³-hybridized carbons (Fsp3) is 0.467. The summed E-state index contributed by atoms with van der Waals surface area (Å²) in [6.07, 6.45) is 0.878. The maximum absolute atomic E-state index is 11.8. The second-order valence-electron chi connectivity index (χ2n) is 5.11. The number of rotatable bonds is 4. The maximum Gasteiger partial charge on any atom is 0.309 e. The first-order chi connectivity index (χ1) is 9.10. The van der Waals surface area contributed by atoms with Crippen molar-refractivity contribution in [2.24, 2.45) is 5.92 Å². The van der Waals surface area contributed by atoms with Crippen LogP contribution < -0.4 is 0 Å². The van der Waals surface area contributed by atoms with E-state index in [9.17, 15) is 9.59 Å². The van der Waals surface area contributed by atoms with Crippen molar-refractivity contribution in [3.8, 4) is 0 Å². The molecule has 0 aliphatic carbocycles. The summed E-state index contributed by atoms with van der Waals surface area (Å²) in [5.41, 5.74) is 1.96. The highest BCUT2D eigenvalue weighted by Gasteiger charge is 2.26. The molecule has 0 bridgehead atoms. The van der Waals surface area contributed by atoms with E-state index in [1.165, 1.54) is 7.11 Å². The number of ether oxygens (including phenoxy) is 1. The number of carbonyl (C=O) groups is 2. The summed E-state index contributed by atoms with van der Waals surface area (Å²) in [6.45, 7) is 3.46. The van der Waals surface area contributed by atoms with E-state index in [0.29, 0.717) is 18.9 Å². The molecule has 1 fully saturated rings. The zero-order valence-corrected chi connectivity index (χ0v) is 11.4. The average molecular weight is 261 g/mol. The zero-order valence-electron chi connectivity index (χ0n) is 11.4. The monoisotopic (exact) mass is 261 g/mol. The van der Waals surface area contributed by atoms with Crippen LogP contribution in [0.1, 0.15) is 24.5 Å². The Kier molecular flexibility index (Phi) is 4.20. The van der Waals surface area contributed by atoms with Gasteiger partial charge in [-0.2, -0.15) is 0 Å². The molecule has 1 aliphatic heterocycles. The van der Waals surface area contributed by atoms with Crippen LogP contribution in [0, 0.1) is 5.92 Å². The van der Waals surface area contributed by atoms with Gasteiger partial charge in [-0.25, -0.2) is 0 Å². The van der Waals surface area contributed by atoms with Crippen molar-refractivity contribution in [2.75, 3.05) is 13.7 Å². The fourth-order valence-corrected chi connectivity index (χ4v) is 2.44. The van der Waals surface area contributed by atoms with E-state index in [1.807, 2.05) is 29.2 Å². The topological polar surface area (TPSA) is 46.6 Å². The SMILES string of the molecule is COC(=O)Cc1ccccc1CN1CC(C)CC1=O. The average Bonchev–Trinajstić information content (AvgIpc) is 2.70. The second-order valence-corrected chi connectivity index (χ2v) is 5.11. The van der Waals surface area contributed by atoms with Gasteiger partial charge in [0.2, 0.25) is 5.91 Å². The minimum Gasteiger partial charge on any atom is -0.469 e. The van der Waals surface area contributed by atoms with Gasteiger partial charge >= 0.3 is 5.97 Å². The molecule has 2 rings (SSSR count). The summed E-state index contributed by atoms with van der Waals surface area (Å²) in [7, 11) is 1.39. The van der Waals surface area contributed by atoms with Crippen LogP contribution in [0.25, 0.3) is 0 Å². The van der Waals surface area contributed by atoms with E-state index in [0.717, 1.165) is 17.7 Å². The van der Waals surface area contributed by atoms with Crippen molar-refractivity contribution in [3.05, 3.63) is 35.4 Å². The molecule has 0 saturated carbocycles. The minimum atomic E-state index is -0.256. The third-order valence-corrected chi connectivity index (χ3v) is 3.45. The quantitative estimate of drug-likeness (QED) is 0.776. The Labute approximate surface area is 113 Å². The van der Waals surface area contributed by atoms with E-state index < -0.39 is 0 Å². The van der Waals surface area contributed by atoms with Gasteiger partial charge < -0.3 is 9.64 Å². The van der Waals surface area contributed by atoms with Gasteiger partial charge in [0.25, 0.3) is 0 Å². The number of esters is 1. The molecular weight excluding hydrogens is 242 g/mol. The Morgan fingerprint density at radius 3 is 2.63 bits per heavy atom. The predicted octanol–water partition coefficient (Wildman–Crippen LogP) is 1.77. The second kappa shape index (κ2) is 5.87. The molecule has 1 unspecified atom stereocenters. The molecule has 1 atom stereocenters. The number of hydrogen-bond donors (Lipinski definition) is 0. The van der Waals surface area contributed by atoms with E-state index in [2.05, 4.69) is 6.92 Å². The number of methoxy groups -OCH3 is 1. The Morgan fingerprint density at radius 2 is 2.05 bits per heavy atom. The molecule has 0 radical (unpaired) electrons. The van der Waals surface area contributed by atoms with Crippen molar-refractivity contribution in [1.82, 2.24) is 4.90 Å². The minimum absolute atomic E-state index is 0.195. The highest BCUT2D eigenvalue weighted by molar-refractivity contribution is 5.78. The smallest absolute Gasteiger partial charge is 0.309 e. The van der Waals surface area contributed by atoms with Gasteiger partial charge in [-0.1, -0.05) is 31.2 Å². The van der Waals surface area contributed by atoms with E-state index >= 15 is 0 Å². The lowest BCUT2D eigenvalue weighted by Gasteiger charge is -2.18. The van der Waals surface area contributed by atoms with Crippen molar-refractivity contribution in [2.45, 2.75) is 26.3 Å². The van der Waals surface area contributed by atoms with Crippen LogP contribution in [0.3, 0.4) is 0 Å². The third kappa shape index (κ3) is 3.34. The van der Waals surface area contributed by atoms with Gasteiger partial charge in [0.1, 0.15) is 0 Å². The summed E-state index contributed by atoms with van der Waals surface area (Å²) in [6, 6.07) is 7.71. The van der Waals surface area contributed by atoms with Gasteiger partial charge in [0.15, 0.2) is 0 Å². The van der Waals surface area contributed by atoms with Gasteiger partial charge in [0.05, 0.1) is 13.5 Å². The molecule has 102 valence electrons. The van der Waals surface area contributed by atoms with Crippen LogP contribution >= 0.6 is 0 Å². The third-order valence-electron chi connectivity index (χ3n) is 3.45. The Bertz CT molecular complexity index is 484. The number of likely N-dealkylation sites (tertiary alicyclic amines) is 1. The van der Waals surface area contributed by atoms with Crippen molar-refractivity contribution >= 4 is 11.9 Å². The van der Waals surface area contributed by atoms with Crippen molar-refractivity contribution < 1.29 is 14.3 Å². The highest BCUT2D eigenvalue weighted by atomic mass is 16.5. The number of nitrogens with zero attached hydrogens (tertiary/aromatic N) is 1. The lowest BCUT2D eigenvalue weighted by molar-refractivity contribution is -0.139. The van der Waals surface area contributed by atoms with Crippen molar-refractivity contribution in [3.63, 3.8) is 0 Å². The molecule has 1 aromatic carbocycles. The van der Waals surface area contributed by atoms with E-state index in [-0.39, 0.29) is 18.3 Å². The molecule has 1 aromatic rings. The zero-order chi connectivity index (χ0) is 13.8. The van der Waals surface area contributed by atoms with Crippen LogP contribution in [-0.4, -0.2) is 30.4 Å². The fourth-order valence-electron chi connectivity index (χ4n) is 2.44. The molecule has 1 aliphatic rings. The maximum atomic E-state index is 11.8. The molecule has 1 amide bonds. The summed E-state index contributed by atoms with van der Waals surface area (Å²) >= 11 is 0. The number of carbonyl (C=O) groups excluding carboxylic acids is 2. The lowest BCUT2D eigenvalue weighted by atomic mass is 10.0. The molecule has 4 nitrogen and oxygen atoms in total. The Balaban J connectivity index is 2.11. The molecule has 19 heavy (non-hydrogen) atoms. The summed E-state index contributed by atoms with van der Waals surface area (Å²) in [4.78, 5) is 25.1. The lowest BCUT2D eigenvalue weighted by Crippen LogP contribution is -2.25. The van der Waals surface area contributed by atoms with Crippen LogP contribution in [0.2, 0.25) is 0 Å². The number of benzene rings is 1. The van der Waals surface area contributed by atoms with Crippen LogP contribution in [0.15, 0.2) is 24.3 Å². The Morgan fingerprint density at radius 1 is 1.37 bits per heavy atom. The first-order valence-corrected chi connectivity index (χ1v) is 6.51. The summed E-state index contributed by atoms with van der Waals surface area (Å²) in [5, 5.41) is 0. The van der Waals surface area contributed by atoms with Gasteiger partial charge in [-0.05, 0) is 17.0 Å². The Hall–Kier alpha value is -1.84. The van der Waals surface area contributed by atoms with Crippen LogP contribution in [0.4, 0.5) is 0 Å². The molecular formula is C15H19NO3. The largest absolute Gasteiger partial charge is 0.469 e. The van der Waals surface area contributed by atoms with Crippen LogP contribution in [0.5, 0.6) is 0 Å². The standard InChI is InChI=1S/C15H19NO3/c1-11-7-14(17)16(9-11)10-13-6-4-3-5-12(13)8-15(18)19-2/h3-6,11H,7-10H2,1-2H3. The molecule has 0 aromatic heterocycles. The molecule has 0 N–H and O–H groups in total. The summed E-state index contributed by atoms with van der Waals surface area (Å²) in [5.74, 6) is 0.356. The number of hydrogen-bond acceptors (Lipinski definition) is 3. The highest BCUT2D eigenvalue weighted by Crippen LogP contribution is 2.21. The molecule has 0 spiro atoms. The van der Waals surface area contributed by atoms with Crippen molar-refractivity contribution in [1.29, 1.82) is 0 Å². The molecule has 4 heteroatoms. The molecule has 1 heterocycles. The van der Waals surface area contributed by atoms with Gasteiger partial charge in [-0.3, -0.25) is 9.59 Å². The van der Waals surface area contributed by atoms with Gasteiger partial charge in [-0.15, -0.1) is 0 Å². The predicted molar refractivity (Wildman–Crippen MR) is 71.4 cm³/mol. The first-order valence-electron chi connectivity index (χ1n) is 6.51. The van der Waals surface area contributed by atoms with E-state index in [1.54, 1.807) is 0 Å². The molecule has 1 saturated heterocycles.